The first-order valence-corrected chi connectivity index (χ1v) is 7.78. The molecule has 0 amide bonds. The predicted octanol–water partition coefficient (Wildman–Crippen LogP) is 3.93. The van der Waals surface area contributed by atoms with Crippen LogP contribution in [0.2, 0.25) is 0 Å². The van der Waals surface area contributed by atoms with Gasteiger partial charge in [-0.15, -0.1) is 0 Å². The Hall–Kier alpha value is -2.13. The molecule has 0 fully saturated rings. The average Bonchev–Trinajstić information content (AvgIpc) is 2.60. The molecule has 0 aliphatic rings. The lowest BCUT2D eigenvalue weighted by atomic mass is 10.1. The van der Waals surface area contributed by atoms with E-state index < -0.39 is 0 Å². The molecule has 116 valence electrons. The monoisotopic (exact) mass is 297 g/mol. The predicted molar refractivity (Wildman–Crippen MR) is 88.8 cm³/mol. The lowest BCUT2D eigenvalue weighted by molar-refractivity contribution is 0.0204. The van der Waals surface area contributed by atoms with E-state index in [2.05, 4.69) is 18.7 Å². The fourth-order valence-corrected chi connectivity index (χ4v) is 2.37. The van der Waals surface area contributed by atoms with Crippen LogP contribution in [0.1, 0.15) is 35.9 Å². The highest BCUT2D eigenvalue weighted by molar-refractivity contribution is 5.89. The zero-order chi connectivity index (χ0) is 15.8. The Balaban J connectivity index is 2.16. The molecule has 2 aromatic rings. The number of carbonyl (C=O) groups is 1. The molecule has 0 bridgehead atoms. The molecular weight excluding hydrogens is 274 g/mol. The first kappa shape index (κ1) is 16.2. The molecule has 0 unspecified atom stereocenters. The van der Waals surface area contributed by atoms with Crippen LogP contribution in [0.25, 0.3) is 0 Å². The molecular formula is C19H23NO2. The molecule has 0 aliphatic carbocycles. The van der Waals surface area contributed by atoms with Crippen molar-refractivity contribution in [3.63, 3.8) is 0 Å². The minimum atomic E-state index is -0.276. The van der Waals surface area contributed by atoms with E-state index in [1.807, 2.05) is 48.5 Å². The van der Waals surface area contributed by atoms with Crippen molar-refractivity contribution < 1.29 is 9.53 Å². The molecule has 0 radical (unpaired) electrons. The molecule has 3 heteroatoms. The first-order chi connectivity index (χ1) is 10.7. The summed E-state index contributed by atoms with van der Waals surface area (Å²) in [6, 6.07) is 19.1. The van der Waals surface area contributed by atoms with Crippen molar-refractivity contribution in [1.82, 2.24) is 4.90 Å². The van der Waals surface area contributed by atoms with Gasteiger partial charge in [-0.3, -0.25) is 4.90 Å². The van der Waals surface area contributed by atoms with Gasteiger partial charge in [0.25, 0.3) is 0 Å². The summed E-state index contributed by atoms with van der Waals surface area (Å²) in [7, 11) is 0. The number of rotatable bonds is 7. The summed E-state index contributed by atoms with van der Waals surface area (Å²) in [5, 5.41) is 0. The van der Waals surface area contributed by atoms with Gasteiger partial charge in [-0.05, 0) is 30.8 Å². The van der Waals surface area contributed by atoms with Gasteiger partial charge in [0.15, 0.2) is 0 Å². The topological polar surface area (TPSA) is 29.5 Å². The van der Waals surface area contributed by atoms with E-state index in [1.54, 1.807) is 12.1 Å². The third-order valence-corrected chi connectivity index (χ3v) is 3.75. The van der Waals surface area contributed by atoms with E-state index in [1.165, 1.54) is 0 Å². The highest BCUT2D eigenvalue weighted by Crippen LogP contribution is 2.20. The summed E-state index contributed by atoms with van der Waals surface area (Å²) in [5.74, 6) is -0.276. The maximum Gasteiger partial charge on any atom is 0.338 e. The van der Waals surface area contributed by atoms with Crippen LogP contribution in [0, 0.1) is 0 Å². The fourth-order valence-electron chi connectivity index (χ4n) is 2.37. The lowest BCUT2D eigenvalue weighted by Crippen LogP contribution is -2.30. The molecule has 2 rings (SSSR count). The third kappa shape index (κ3) is 4.43. The van der Waals surface area contributed by atoms with Crippen LogP contribution in [0.4, 0.5) is 0 Å². The first-order valence-electron chi connectivity index (χ1n) is 7.78. The number of esters is 1. The SMILES string of the molecule is CCN(CC)C[C@H](OC(=O)c1ccccc1)c1ccccc1. The number of likely N-dealkylation sites (N-methyl/N-ethyl adjacent to an activating group) is 1. The van der Waals surface area contributed by atoms with Crippen molar-refractivity contribution in [2.24, 2.45) is 0 Å². The summed E-state index contributed by atoms with van der Waals surface area (Å²) in [6.07, 6.45) is -0.256. The van der Waals surface area contributed by atoms with Gasteiger partial charge < -0.3 is 4.74 Å². The maximum absolute atomic E-state index is 12.3. The van der Waals surface area contributed by atoms with Gasteiger partial charge in [-0.2, -0.15) is 0 Å². The summed E-state index contributed by atoms with van der Waals surface area (Å²) in [5.41, 5.74) is 1.61. The Kier molecular flexibility index (Phi) is 6.16. The molecule has 2 aromatic carbocycles. The summed E-state index contributed by atoms with van der Waals surface area (Å²) >= 11 is 0. The molecule has 0 saturated heterocycles. The standard InChI is InChI=1S/C19H23NO2/c1-3-20(4-2)15-18(16-11-7-5-8-12-16)22-19(21)17-13-9-6-10-14-17/h5-14,18H,3-4,15H2,1-2H3/t18-/m0/s1. The van der Waals surface area contributed by atoms with Crippen LogP contribution in [0.15, 0.2) is 60.7 Å². The van der Waals surface area contributed by atoms with Crippen LogP contribution in [-0.2, 0) is 4.74 Å². The highest BCUT2D eigenvalue weighted by atomic mass is 16.5. The normalized spacial score (nSPS) is 12.1. The van der Waals surface area contributed by atoms with E-state index in [-0.39, 0.29) is 12.1 Å². The van der Waals surface area contributed by atoms with E-state index in [4.69, 9.17) is 4.74 Å². The number of hydrogen-bond donors (Lipinski definition) is 0. The van der Waals surface area contributed by atoms with Gasteiger partial charge >= 0.3 is 5.97 Å². The van der Waals surface area contributed by atoms with Crippen molar-refractivity contribution in [1.29, 1.82) is 0 Å². The number of carbonyl (C=O) groups excluding carboxylic acids is 1. The zero-order valence-corrected chi connectivity index (χ0v) is 13.2. The van der Waals surface area contributed by atoms with E-state index in [9.17, 15) is 4.79 Å². The summed E-state index contributed by atoms with van der Waals surface area (Å²) in [4.78, 5) is 14.6. The molecule has 0 aromatic heterocycles. The minimum absolute atomic E-state index is 0.256. The largest absolute Gasteiger partial charge is 0.453 e. The highest BCUT2D eigenvalue weighted by Gasteiger charge is 2.20. The number of hydrogen-bond acceptors (Lipinski definition) is 3. The van der Waals surface area contributed by atoms with Crippen molar-refractivity contribution >= 4 is 5.97 Å². The molecule has 0 saturated carbocycles. The second-order valence-corrected chi connectivity index (χ2v) is 5.16. The van der Waals surface area contributed by atoms with Crippen molar-refractivity contribution in [2.75, 3.05) is 19.6 Å². The Morgan fingerprint density at radius 3 is 2.05 bits per heavy atom. The van der Waals surface area contributed by atoms with Gasteiger partial charge in [0.05, 0.1) is 5.56 Å². The second-order valence-electron chi connectivity index (χ2n) is 5.16. The van der Waals surface area contributed by atoms with Gasteiger partial charge in [-0.1, -0.05) is 62.4 Å². The number of nitrogens with zero attached hydrogens (tertiary/aromatic N) is 1. The van der Waals surface area contributed by atoms with Gasteiger partial charge in [0, 0.05) is 6.54 Å². The fraction of sp³-hybridized carbons (Fsp3) is 0.316. The van der Waals surface area contributed by atoms with Gasteiger partial charge in [0.2, 0.25) is 0 Å². The van der Waals surface area contributed by atoms with E-state index in [0.29, 0.717) is 12.1 Å². The van der Waals surface area contributed by atoms with Crippen LogP contribution >= 0.6 is 0 Å². The van der Waals surface area contributed by atoms with Crippen LogP contribution in [-0.4, -0.2) is 30.5 Å². The molecule has 22 heavy (non-hydrogen) atoms. The van der Waals surface area contributed by atoms with Gasteiger partial charge in [-0.25, -0.2) is 4.79 Å². The van der Waals surface area contributed by atoms with Gasteiger partial charge in [0.1, 0.15) is 6.10 Å². The Bertz CT molecular complexity index is 565. The number of benzene rings is 2. The molecule has 0 aliphatic heterocycles. The van der Waals surface area contributed by atoms with E-state index >= 15 is 0 Å². The maximum atomic E-state index is 12.3. The zero-order valence-electron chi connectivity index (χ0n) is 13.2. The smallest absolute Gasteiger partial charge is 0.338 e. The summed E-state index contributed by atoms with van der Waals surface area (Å²) < 4.78 is 5.78. The van der Waals surface area contributed by atoms with Crippen LogP contribution in [0.5, 0.6) is 0 Å². The minimum Gasteiger partial charge on any atom is -0.453 e. The Morgan fingerprint density at radius 1 is 0.955 bits per heavy atom. The third-order valence-electron chi connectivity index (χ3n) is 3.75. The second kappa shape index (κ2) is 8.35. The van der Waals surface area contributed by atoms with Crippen molar-refractivity contribution in [2.45, 2.75) is 20.0 Å². The average molecular weight is 297 g/mol. The molecule has 3 nitrogen and oxygen atoms in total. The van der Waals surface area contributed by atoms with Crippen molar-refractivity contribution in [3.8, 4) is 0 Å². The quantitative estimate of drug-likeness (QED) is 0.725. The Morgan fingerprint density at radius 2 is 1.50 bits per heavy atom. The van der Waals surface area contributed by atoms with E-state index in [0.717, 1.165) is 18.7 Å². The lowest BCUT2D eigenvalue weighted by Gasteiger charge is -2.25. The summed E-state index contributed by atoms with van der Waals surface area (Å²) in [6.45, 7) is 6.80. The van der Waals surface area contributed by atoms with Crippen LogP contribution < -0.4 is 0 Å². The molecule has 1 atom stereocenters. The molecule has 0 N–H and O–H groups in total. The Labute approximate surface area is 132 Å². The molecule has 0 heterocycles. The molecule has 0 spiro atoms. The van der Waals surface area contributed by atoms with Crippen LogP contribution in [0.3, 0.4) is 0 Å². The number of ether oxygens (including phenoxy) is 1. The van der Waals surface area contributed by atoms with Crippen molar-refractivity contribution in [3.05, 3.63) is 71.8 Å².